The van der Waals surface area contributed by atoms with E-state index in [1.54, 1.807) is 6.07 Å². The maximum absolute atomic E-state index is 13.5. The van der Waals surface area contributed by atoms with E-state index in [9.17, 15) is 4.39 Å². The molecule has 0 unspecified atom stereocenters. The molecule has 0 aliphatic heterocycles. The van der Waals surface area contributed by atoms with Gasteiger partial charge in [0.25, 0.3) is 0 Å². The molecular formula is C12H18FN. The zero-order valence-corrected chi connectivity index (χ0v) is 9.05. The van der Waals surface area contributed by atoms with E-state index in [0.29, 0.717) is 11.5 Å². The molecule has 0 radical (unpaired) electrons. The first kappa shape index (κ1) is 11.2. The summed E-state index contributed by atoms with van der Waals surface area (Å²) >= 11 is 0. The SMILES string of the molecule is Cc1ccc([C@@H](N)CC(C)C)c(F)c1. The predicted molar refractivity (Wildman–Crippen MR) is 57.5 cm³/mol. The van der Waals surface area contributed by atoms with Gasteiger partial charge < -0.3 is 5.73 Å². The van der Waals surface area contributed by atoms with Gasteiger partial charge in [-0.15, -0.1) is 0 Å². The molecule has 2 N–H and O–H groups in total. The number of nitrogens with two attached hydrogens (primary N) is 1. The molecule has 0 heterocycles. The third-order valence-electron chi connectivity index (χ3n) is 2.28. The lowest BCUT2D eigenvalue weighted by molar-refractivity contribution is 0.488. The summed E-state index contributed by atoms with van der Waals surface area (Å²) in [5.74, 6) is 0.309. The van der Waals surface area contributed by atoms with Crippen LogP contribution in [-0.4, -0.2) is 0 Å². The Bertz CT molecular complexity index is 307. The summed E-state index contributed by atoms with van der Waals surface area (Å²) in [6, 6.07) is 5.04. The summed E-state index contributed by atoms with van der Waals surface area (Å²) in [4.78, 5) is 0. The quantitative estimate of drug-likeness (QED) is 0.787. The fourth-order valence-corrected chi connectivity index (χ4v) is 1.57. The highest BCUT2D eigenvalue weighted by Gasteiger charge is 2.12. The van der Waals surface area contributed by atoms with Crippen LogP contribution in [0.1, 0.15) is 37.4 Å². The number of benzene rings is 1. The van der Waals surface area contributed by atoms with E-state index in [1.165, 1.54) is 6.07 Å². The third kappa shape index (κ3) is 2.81. The topological polar surface area (TPSA) is 26.0 Å². The number of halogens is 1. The Hall–Kier alpha value is -0.890. The van der Waals surface area contributed by atoms with Crippen molar-refractivity contribution in [3.63, 3.8) is 0 Å². The van der Waals surface area contributed by atoms with Gasteiger partial charge in [-0.05, 0) is 30.9 Å². The Morgan fingerprint density at radius 2 is 2.00 bits per heavy atom. The Labute approximate surface area is 85.1 Å². The molecule has 0 saturated heterocycles. The van der Waals surface area contributed by atoms with Gasteiger partial charge >= 0.3 is 0 Å². The highest BCUT2D eigenvalue weighted by atomic mass is 19.1. The standard InChI is InChI=1S/C12H18FN/c1-8(2)6-12(14)10-5-4-9(3)7-11(10)13/h4-5,7-8,12H,6,14H2,1-3H3/t12-/m0/s1. The molecule has 0 aromatic heterocycles. The maximum Gasteiger partial charge on any atom is 0.128 e. The zero-order chi connectivity index (χ0) is 10.7. The lowest BCUT2D eigenvalue weighted by Crippen LogP contribution is -2.14. The molecular weight excluding hydrogens is 177 g/mol. The van der Waals surface area contributed by atoms with Crippen molar-refractivity contribution in [2.45, 2.75) is 33.2 Å². The van der Waals surface area contributed by atoms with Crippen LogP contribution >= 0.6 is 0 Å². The minimum absolute atomic E-state index is 0.182. The van der Waals surface area contributed by atoms with Crippen LogP contribution in [0.2, 0.25) is 0 Å². The molecule has 0 spiro atoms. The molecule has 0 bridgehead atoms. The van der Waals surface area contributed by atoms with Gasteiger partial charge in [0, 0.05) is 11.6 Å². The van der Waals surface area contributed by atoms with Crippen molar-refractivity contribution < 1.29 is 4.39 Å². The predicted octanol–water partition coefficient (Wildman–Crippen LogP) is 3.18. The number of rotatable bonds is 3. The highest BCUT2D eigenvalue weighted by molar-refractivity contribution is 5.25. The molecule has 0 amide bonds. The van der Waals surface area contributed by atoms with Crippen LogP contribution in [0.15, 0.2) is 18.2 Å². The monoisotopic (exact) mass is 195 g/mol. The van der Waals surface area contributed by atoms with Gasteiger partial charge in [0.15, 0.2) is 0 Å². The van der Waals surface area contributed by atoms with Crippen molar-refractivity contribution in [3.05, 3.63) is 35.1 Å². The van der Waals surface area contributed by atoms with Crippen LogP contribution < -0.4 is 5.73 Å². The van der Waals surface area contributed by atoms with Crippen LogP contribution in [0.25, 0.3) is 0 Å². The van der Waals surface area contributed by atoms with E-state index in [2.05, 4.69) is 13.8 Å². The molecule has 0 aliphatic rings. The van der Waals surface area contributed by atoms with Crippen LogP contribution in [-0.2, 0) is 0 Å². The van der Waals surface area contributed by atoms with Gasteiger partial charge in [0.1, 0.15) is 5.82 Å². The van der Waals surface area contributed by atoms with Crippen molar-refractivity contribution in [2.75, 3.05) is 0 Å². The van der Waals surface area contributed by atoms with E-state index >= 15 is 0 Å². The lowest BCUT2D eigenvalue weighted by Gasteiger charge is -2.15. The smallest absolute Gasteiger partial charge is 0.128 e. The number of hydrogen-bond donors (Lipinski definition) is 1. The van der Waals surface area contributed by atoms with Gasteiger partial charge in [0.2, 0.25) is 0 Å². The van der Waals surface area contributed by atoms with Crippen LogP contribution in [0, 0.1) is 18.7 Å². The minimum atomic E-state index is -0.185. The number of hydrogen-bond acceptors (Lipinski definition) is 1. The molecule has 2 heteroatoms. The van der Waals surface area contributed by atoms with Crippen molar-refractivity contribution in [1.29, 1.82) is 0 Å². The first-order valence-electron chi connectivity index (χ1n) is 5.02. The zero-order valence-electron chi connectivity index (χ0n) is 9.05. The molecule has 1 aromatic rings. The summed E-state index contributed by atoms with van der Waals surface area (Å²) in [5, 5.41) is 0. The van der Waals surface area contributed by atoms with Crippen LogP contribution in [0.3, 0.4) is 0 Å². The molecule has 14 heavy (non-hydrogen) atoms. The lowest BCUT2D eigenvalue weighted by atomic mass is 9.97. The summed E-state index contributed by atoms with van der Waals surface area (Å²) < 4.78 is 13.5. The average Bonchev–Trinajstić information content (AvgIpc) is 2.01. The normalized spacial score (nSPS) is 13.3. The Morgan fingerprint density at radius 1 is 1.36 bits per heavy atom. The summed E-state index contributed by atoms with van der Waals surface area (Å²) in [6.07, 6.45) is 0.819. The van der Waals surface area contributed by atoms with E-state index < -0.39 is 0 Å². The average molecular weight is 195 g/mol. The summed E-state index contributed by atoms with van der Waals surface area (Å²) in [5.41, 5.74) is 7.47. The van der Waals surface area contributed by atoms with Crippen molar-refractivity contribution >= 4 is 0 Å². The fraction of sp³-hybridized carbons (Fsp3) is 0.500. The Balaban J connectivity index is 2.84. The van der Waals surface area contributed by atoms with Crippen LogP contribution in [0.4, 0.5) is 4.39 Å². The first-order chi connectivity index (χ1) is 6.50. The number of aryl methyl sites for hydroxylation is 1. The molecule has 1 atom stereocenters. The molecule has 1 aromatic carbocycles. The molecule has 1 rings (SSSR count). The van der Waals surface area contributed by atoms with Crippen LogP contribution in [0.5, 0.6) is 0 Å². The molecule has 0 fully saturated rings. The minimum Gasteiger partial charge on any atom is -0.324 e. The fourth-order valence-electron chi connectivity index (χ4n) is 1.57. The molecule has 1 nitrogen and oxygen atoms in total. The molecule has 0 saturated carbocycles. The molecule has 78 valence electrons. The maximum atomic E-state index is 13.5. The van der Waals surface area contributed by atoms with Crippen molar-refractivity contribution in [3.8, 4) is 0 Å². The van der Waals surface area contributed by atoms with E-state index in [0.717, 1.165) is 12.0 Å². The second kappa shape index (κ2) is 4.56. The van der Waals surface area contributed by atoms with Gasteiger partial charge in [-0.2, -0.15) is 0 Å². The summed E-state index contributed by atoms with van der Waals surface area (Å²) in [7, 11) is 0. The summed E-state index contributed by atoms with van der Waals surface area (Å²) in [6.45, 7) is 6.05. The van der Waals surface area contributed by atoms with Gasteiger partial charge in [-0.25, -0.2) is 4.39 Å². The van der Waals surface area contributed by atoms with Crippen molar-refractivity contribution in [2.24, 2.45) is 11.7 Å². The van der Waals surface area contributed by atoms with Gasteiger partial charge in [0.05, 0.1) is 0 Å². The largest absolute Gasteiger partial charge is 0.324 e. The molecule has 0 aliphatic carbocycles. The van der Waals surface area contributed by atoms with Crippen molar-refractivity contribution in [1.82, 2.24) is 0 Å². The van der Waals surface area contributed by atoms with Gasteiger partial charge in [-0.1, -0.05) is 26.0 Å². The Morgan fingerprint density at radius 3 is 2.50 bits per heavy atom. The second-order valence-corrected chi connectivity index (χ2v) is 4.26. The third-order valence-corrected chi connectivity index (χ3v) is 2.28. The first-order valence-corrected chi connectivity index (χ1v) is 5.02. The second-order valence-electron chi connectivity index (χ2n) is 4.26. The van der Waals surface area contributed by atoms with E-state index in [-0.39, 0.29) is 11.9 Å². The van der Waals surface area contributed by atoms with E-state index in [1.807, 2.05) is 13.0 Å². The Kier molecular flexibility index (Phi) is 3.64. The highest BCUT2D eigenvalue weighted by Crippen LogP contribution is 2.21. The van der Waals surface area contributed by atoms with E-state index in [4.69, 9.17) is 5.73 Å². The van der Waals surface area contributed by atoms with Gasteiger partial charge in [-0.3, -0.25) is 0 Å².